The van der Waals surface area contributed by atoms with Gasteiger partial charge in [0, 0.05) is 30.1 Å². The number of hydrogen-bond donors (Lipinski definition) is 1. The molecule has 2 heterocycles. The van der Waals surface area contributed by atoms with Gasteiger partial charge in [0.05, 0.1) is 37.1 Å². The fourth-order valence-corrected chi connectivity index (χ4v) is 4.45. The third-order valence-electron chi connectivity index (χ3n) is 5.01. The van der Waals surface area contributed by atoms with Gasteiger partial charge in [-0.25, -0.2) is 9.78 Å². The maximum absolute atomic E-state index is 12.9. The summed E-state index contributed by atoms with van der Waals surface area (Å²) in [6.45, 7) is 3.89. The Morgan fingerprint density at radius 2 is 1.74 bits per heavy atom. The van der Waals surface area contributed by atoms with E-state index in [1.165, 1.54) is 18.4 Å². The second kappa shape index (κ2) is 9.82. The third kappa shape index (κ3) is 4.99. The van der Waals surface area contributed by atoms with Gasteiger partial charge in [0.15, 0.2) is 5.13 Å². The number of amides is 1. The zero-order valence-corrected chi connectivity index (χ0v) is 18.0. The Balaban J connectivity index is 1.62. The van der Waals surface area contributed by atoms with Crippen molar-refractivity contribution in [1.29, 1.82) is 0 Å². The normalized spacial score (nSPS) is 14.2. The Labute approximate surface area is 184 Å². The highest BCUT2D eigenvalue weighted by Gasteiger charge is 2.21. The largest absolute Gasteiger partial charge is 0.465 e. The summed E-state index contributed by atoms with van der Waals surface area (Å²) in [5, 5.41) is 3.36. The summed E-state index contributed by atoms with van der Waals surface area (Å²) in [5.41, 5.74) is 2.32. The van der Waals surface area contributed by atoms with E-state index in [4.69, 9.17) is 14.5 Å². The van der Waals surface area contributed by atoms with Crippen LogP contribution in [0, 0.1) is 0 Å². The minimum absolute atomic E-state index is 0.218. The zero-order chi connectivity index (χ0) is 21.6. The Bertz CT molecular complexity index is 1060. The van der Waals surface area contributed by atoms with Crippen LogP contribution in [-0.2, 0) is 16.0 Å². The molecule has 2 aromatic carbocycles. The molecule has 31 heavy (non-hydrogen) atoms. The molecule has 3 aromatic rings. The van der Waals surface area contributed by atoms with Gasteiger partial charge in [-0.3, -0.25) is 15.0 Å². The van der Waals surface area contributed by atoms with E-state index in [0.29, 0.717) is 18.3 Å². The molecule has 4 rings (SSSR count). The average Bonchev–Trinajstić information content (AvgIpc) is 3.21. The van der Waals surface area contributed by atoms with E-state index in [0.717, 1.165) is 35.8 Å². The van der Waals surface area contributed by atoms with Crippen LogP contribution in [0.2, 0.25) is 0 Å². The first-order valence-electron chi connectivity index (χ1n) is 9.99. The molecular weight excluding hydrogens is 414 g/mol. The molecule has 0 atom stereocenters. The highest BCUT2D eigenvalue weighted by molar-refractivity contribution is 7.16. The van der Waals surface area contributed by atoms with Crippen LogP contribution in [0.1, 0.15) is 25.6 Å². The number of methoxy groups -OCH3 is 1. The molecule has 0 saturated carbocycles. The second-order valence-corrected chi connectivity index (χ2v) is 8.12. The number of nitrogens with zero attached hydrogens (tertiary/aromatic N) is 2. The maximum atomic E-state index is 12.9. The van der Waals surface area contributed by atoms with Crippen molar-refractivity contribution in [3.05, 3.63) is 70.6 Å². The molecule has 0 spiro atoms. The lowest BCUT2D eigenvalue weighted by atomic mass is 10.1. The van der Waals surface area contributed by atoms with Gasteiger partial charge < -0.3 is 9.47 Å². The maximum Gasteiger partial charge on any atom is 0.338 e. The summed E-state index contributed by atoms with van der Waals surface area (Å²) in [6, 6.07) is 16.5. The van der Waals surface area contributed by atoms with Crippen molar-refractivity contribution in [2.24, 2.45) is 0 Å². The molecule has 1 N–H and O–H groups in total. The number of benzene rings is 2. The van der Waals surface area contributed by atoms with Crippen LogP contribution in [0.15, 0.2) is 54.6 Å². The number of thiazole rings is 1. The highest BCUT2D eigenvalue weighted by Crippen LogP contribution is 2.32. The van der Waals surface area contributed by atoms with Crippen molar-refractivity contribution in [1.82, 2.24) is 9.88 Å². The fourth-order valence-electron chi connectivity index (χ4n) is 3.43. The SMILES string of the molecule is COC(=O)c1ccccc1C(=O)Nc1nc(-c2ccccc2)c(CN2CCOCC2)s1. The predicted octanol–water partition coefficient (Wildman–Crippen LogP) is 3.68. The van der Waals surface area contributed by atoms with E-state index < -0.39 is 11.9 Å². The van der Waals surface area contributed by atoms with E-state index in [9.17, 15) is 9.59 Å². The molecule has 8 heteroatoms. The quantitative estimate of drug-likeness (QED) is 0.593. The number of carbonyl (C=O) groups excluding carboxylic acids is 2. The van der Waals surface area contributed by atoms with Crippen LogP contribution in [0.5, 0.6) is 0 Å². The van der Waals surface area contributed by atoms with Crippen LogP contribution >= 0.6 is 11.3 Å². The van der Waals surface area contributed by atoms with Crippen molar-refractivity contribution in [3.63, 3.8) is 0 Å². The summed E-state index contributed by atoms with van der Waals surface area (Å²) >= 11 is 1.45. The number of carbonyl (C=O) groups is 2. The number of nitrogens with one attached hydrogen (secondary N) is 1. The molecule has 1 aromatic heterocycles. The molecule has 7 nitrogen and oxygen atoms in total. The average molecular weight is 438 g/mol. The fraction of sp³-hybridized carbons (Fsp3) is 0.261. The Morgan fingerprint density at radius 3 is 2.45 bits per heavy atom. The summed E-state index contributed by atoms with van der Waals surface area (Å²) in [6.07, 6.45) is 0. The molecule has 1 saturated heterocycles. The topological polar surface area (TPSA) is 80.8 Å². The van der Waals surface area contributed by atoms with Crippen LogP contribution in [0.4, 0.5) is 5.13 Å². The summed E-state index contributed by atoms with van der Waals surface area (Å²) in [5.74, 6) is -0.949. The Kier molecular flexibility index (Phi) is 6.71. The number of hydrogen-bond acceptors (Lipinski definition) is 7. The number of anilines is 1. The van der Waals surface area contributed by atoms with Crippen LogP contribution in [0.3, 0.4) is 0 Å². The molecule has 160 valence electrons. The van der Waals surface area contributed by atoms with Crippen LogP contribution in [0.25, 0.3) is 11.3 Å². The van der Waals surface area contributed by atoms with Gasteiger partial charge in [0.1, 0.15) is 0 Å². The van der Waals surface area contributed by atoms with Gasteiger partial charge in [-0.05, 0) is 12.1 Å². The van der Waals surface area contributed by atoms with Crippen molar-refractivity contribution in [2.45, 2.75) is 6.54 Å². The molecule has 1 fully saturated rings. The first kappa shape index (κ1) is 21.2. The van der Waals surface area contributed by atoms with Gasteiger partial charge in [0.2, 0.25) is 0 Å². The molecule has 0 unspecified atom stereocenters. The molecular formula is C23H23N3O4S. The molecule has 1 aliphatic heterocycles. The molecule has 0 aliphatic carbocycles. The van der Waals surface area contributed by atoms with Gasteiger partial charge in [0.25, 0.3) is 5.91 Å². The molecule has 0 radical (unpaired) electrons. The van der Waals surface area contributed by atoms with Crippen LogP contribution < -0.4 is 5.32 Å². The lowest BCUT2D eigenvalue weighted by molar-refractivity contribution is 0.0347. The van der Waals surface area contributed by atoms with Gasteiger partial charge in [-0.2, -0.15) is 0 Å². The lowest BCUT2D eigenvalue weighted by Gasteiger charge is -2.26. The number of morpholine rings is 1. The van der Waals surface area contributed by atoms with Crippen molar-refractivity contribution in [3.8, 4) is 11.3 Å². The molecule has 1 amide bonds. The van der Waals surface area contributed by atoms with Crippen molar-refractivity contribution < 1.29 is 19.1 Å². The van der Waals surface area contributed by atoms with E-state index in [1.807, 2.05) is 30.3 Å². The first-order chi connectivity index (χ1) is 15.2. The predicted molar refractivity (Wildman–Crippen MR) is 119 cm³/mol. The second-order valence-electron chi connectivity index (χ2n) is 7.04. The lowest BCUT2D eigenvalue weighted by Crippen LogP contribution is -2.35. The third-order valence-corrected chi connectivity index (χ3v) is 5.97. The van der Waals surface area contributed by atoms with E-state index in [1.54, 1.807) is 24.3 Å². The van der Waals surface area contributed by atoms with Gasteiger partial charge in [-0.15, -0.1) is 0 Å². The number of ether oxygens (including phenoxy) is 2. The minimum Gasteiger partial charge on any atom is -0.465 e. The Morgan fingerprint density at radius 1 is 1.06 bits per heavy atom. The number of rotatable bonds is 6. The standard InChI is InChI=1S/C23H23N3O4S/c1-29-22(28)18-10-6-5-9-17(18)21(27)25-23-24-20(16-7-3-2-4-8-16)19(31-23)15-26-11-13-30-14-12-26/h2-10H,11-15H2,1H3,(H,24,25,27). The number of aromatic nitrogens is 1. The highest BCUT2D eigenvalue weighted by atomic mass is 32.1. The van der Waals surface area contributed by atoms with Crippen molar-refractivity contribution >= 4 is 28.3 Å². The number of esters is 1. The monoisotopic (exact) mass is 437 g/mol. The minimum atomic E-state index is -0.553. The molecule has 1 aliphatic rings. The van der Waals surface area contributed by atoms with E-state index >= 15 is 0 Å². The van der Waals surface area contributed by atoms with E-state index in [-0.39, 0.29) is 11.1 Å². The zero-order valence-electron chi connectivity index (χ0n) is 17.2. The van der Waals surface area contributed by atoms with Gasteiger partial charge >= 0.3 is 5.97 Å². The smallest absolute Gasteiger partial charge is 0.338 e. The van der Waals surface area contributed by atoms with E-state index in [2.05, 4.69) is 10.2 Å². The van der Waals surface area contributed by atoms with Crippen LogP contribution in [-0.4, -0.2) is 55.2 Å². The molecule has 0 bridgehead atoms. The van der Waals surface area contributed by atoms with Gasteiger partial charge in [-0.1, -0.05) is 53.8 Å². The summed E-state index contributed by atoms with van der Waals surface area (Å²) in [7, 11) is 1.29. The van der Waals surface area contributed by atoms with Crippen molar-refractivity contribution in [2.75, 3.05) is 38.7 Å². The first-order valence-corrected chi connectivity index (χ1v) is 10.8. The Hall–Kier alpha value is -3.07. The summed E-state index contributed by atoms with van der Waals surface area (Å²) in [4.78, 5) is 33.1. The summed E-state index contributed by atoms with van der Waals surface area (Å²) < 4.78 is 10.2.